The first-order valence-corrected chi connectivity index (χ1v) is 7.63. The van der Waals surface area contributed by atoms with Crippen LogP contribution in [-0.4, -0.2) is 26.0 Å². The highest BCUT2D eigenvalue weighted by molar-refractivity contribution is 6.03. The van der Waals surface area contributed by atoms with Gasteiger partial charge in [-0.1, -0.05) is 36.4 Å². The van der Waals surface area contributed by atoms with Crippen molar-refractivity contribution in [2.45, 2.75) is 0 Å². The number of hydrogen-bond donors (Lipinski definition) is 1. The van der Waals surface area contributed by atoms with Crippen LogP contribution in [0.2, 0.25) is 0 Å². The summed E-state index contributed by atoms with van der Waals surface area (Å²) in [7, 11) is 0. The number of nitro groups is 1. The van der Waals surface area contributed by atoms with Crippen molar-refractivity contribution in [3.8, 4) is 0 Å². The zero-order valence-electron chi connectivity index (χ0n) is 13.4. The van der Waals surface area contributed by atoms with Gasteiger partial charge in [-0.15, -0.1) is 0 Å². The van der Waals surface area contributed by atoms with Crippen molar-refractivity contribution < 1.29 is 14.8 Å². The molecule has 0 aliphatic heterocycles. The first-order valence-electron chi connectivity index (χ1n) is 7.63. The van der Waals surface area contributed by atoms with Gasteiger partial charge in [-0.3, -0.25) is 4.98 Å². The zero-order chi connectivity index (χ0) is 18.5. The standard InChI is InChI=1S/C10H6N2O4.C9H7N/c13-10(14)7-5-9(12(15)16)11-8-4-2-1-3-6(7)8;1-2-6-9-8(4-1)5-3-7-10-9/h1-5H,(H,13,14);1-7H. The van der Waals surface area contributed by atoms with Crippen LogP contribution in [0.4, 0.5) is 5.82 Å². The second-order valence-corrected chi connectivity index (χ2v) is 5.30. The van der Waals surface area contributed by atoms with E-state index >= 15 is 0 Å². The van der Waals surface area contributed by atoms with Crippen LogP contribution in [0.15, 0.2) is 72.9 Å². The molecule has 2 aromatic heterocycles. The number of para-hydroxylation sites is 2. The van der Waals surface area contributed by atoms with Crippen molar-refractivity contribution in [3.05, 3.63) is 88.6 Å². The summed E-state index contributed by atoms with van der Waals surface area (Å²) in [6, 6.07) is 19.4. The minimum absolute atomic E-state index is 0.114. The van der Waals surface area contributed by atoms with Gasteiger partial charge in [-0.25, -0.2) is 4.79 Å². The molecule has 2 heterocycles. The van der Waals surface area contributed by atoms with Gasteiger partial charge in [-0.05, 0) is 34.2 Å². The Hall–Kier alpha value is -3.87. The highest BCUT2D eigenvalue weighted by Gasteiger charge is 2.18. The monoisotopic (exact) mass is 347 g/mol. The fourth-order valence-corrected chi connectivity index (χ4v) is 2.45. The fourth-order valence-electron chi connectivity index (χ4n) is 2.45. The first-order chi connectivity index (χ1) is 12.6. The number of benzene rings is 2. The minimum Gasteiger partial charge on any atom is -0.478 e. The Labute approximate surface area is 147 Å². The van der Waals surface area contributed by atoms with E-state index in [1.807, 2.05) is 30.5 Å². The third kappa shape index (κ3) is 3.62. The molecule has 1 N–H and O–H groups in total. The second kappa shape index (κ2) is 7.35. The van der Waals surface area contributed by atoms with Crippen LogP contribution < -0.4 is 0 Å². The van der Waals surface area contributed by atoms with E-state index in [1.165, 1.54) is 11.5 Å². The Morgan fingerprint density at radius 2 is 1.62 bits per heavy atom. The van der Waals surface area contributed by atoms with Gasteiger partial charge in [-0.2, -0.15) is 0 Å². The molecule has 0 aliphatic rings. The molecule has 0 fully saturated rings. The lowest BCUT2D eigenvalue weighted by molar-refractivity contribution is -0.389. The number of pyridine rings is 2. The van der Waals surface area contributed by atoms with Gasteiger partial charge in [0.15, 0.2) is 5.52 Å². The van der Waals surface area contributed by atoms with Crippen LogP contribution >= 0.6 is 0 Å². The molecular formula is C19H13N3O4. The van der Waals surface area contributed by atoms with Crippen LogP contribution in [0, 0.1) is 10.1 Å². The van der Waals surface area contributed by atoms with E-state index in [0.29, 0.717) is 10.9 Å². The molecule has 0 saturated heterocycles. The molecule has 0 radical (unpaired) electrons. The lowest BCUT2D eigenvalue weighted by atomic mass is 10.1. The SMILES string of the molecule is O=C(O)c1cc([N+](=O)[O-])nc2ccccc12.c1ccc2ncccc2c1. The van der Waals surface area contributed by atoms with Gasteiger partial charge >= 0.3 is 11.8 Å². The Morgan fingerprint density at radius 3 is 2.31 bits per heavy atom. The van der Waals surface area contributed by atoms with Gasteiger partial charge in [0.05, 0.1) is 17.1 Å². The summed E-state index contributed by atoms with van der Waals surface area (Å²) in [5.74, 6) is -1.67. The molecule has 26 heavy (non-hydrogen) atoms. The van der Waals surface area contributed by atoms with Crippen molar-refractivity contribution in [2.24, 2.45) is 0 Å². The number of hydrogen-bond acceptors (Lipinski definition) is 5. The van der Waals surface area contributed by atoms with Gasteiger partial charge in [0.25, 0.3) is 0 Å². The number of nitrogens with zero attached hydrogens (tertiary/aromatic N) is 3. The number of carboxylic acid groups (broad SMARTS) is 1. The Balaban J connectivity index is 0.000000167. The Morgan fingerprint density at radius 1 is 0.962 bits per heavy atom. The molecule has 7 heteroatoms. The molecule has 0 saturated carbocycles. The topological polar surface area (TPSA) is 106 Å². The zero-order valence-corrected chi connectivity index (χ0v) is 13.4. The molecule has 4 rings (SSSR count). The van der Waals surface area contributed by atoms with E-state index in [1.54, 1.807) is 18.2 Å². The number of aromatic nitrogens is 2. The average molecular weight is 347 g/mol. The van der Waals surface area contributed by atoms with Crippen LogP contribution in [0.1, 0.15) is 10.4 Å². The molecule has 0 atom stereocenters. The van der Waals surface area contributed by atoms with E-state index < -0.39 is 16.7 Å². The molecule has 0 bridgehead atoms. The highest BCUT2D eigenvalue weighted by Crippen LogP contribution is 2.21. The average Bonchev–Trinajstić information content (AvgIpc) is 2.67. The molecule has 0 amide bonds. The van der Waals surface area contributed by atoms with E-state index in [-0.39, 0.29) is 5.56 Å². The number of aromatic carboxylic acids is 1. The molecule has 0 unspecified atom stereocenters. The molecule has 0 aliphatic carbocycles. The van der Waals surface area contributed by atoms with Crippen molar-refractivity contribution in [2.75, 3.05) is 0 Å². The highest BCUT2D eigenvalue weighted by atomic mass is 16.6. The van der Waals surface area contributed by atoms with Gasteiger partial charge in [0.1, 0.15) is 0 Å². The Kier molecular flexibility index (Phi) is 4.80. The molecule has 2 aromatic carbocycles. The summed E-state index contributed by atoms with van der Waals surface area (Å²) in [6.45, 7) is 0. The normalized spacial score (nSPS) is 10.2. The molecule has 128 valence electrons. The predicted octanol–water partition coefficient (Wildman–Crippen LogP) is 4.08. The maximum Gasteiger partial charge on any atom is 0.364 e. The third-order valence-electron chi connectivity index (χ3n) is 3.63. The van der Waals surface area contributed by atoms with Crippen LogP contribution in [0.25, 0.3) is 21.8 Å². The van der Waals surface area contributed by atoms with Crippen LogP contribution in [0.3, 0.4) is 0 Å². The van der Waals surface area contributed by atoms with Crippen LogP contribution in [-0.2, 0) is 0 Å². The largest absolute Gasteiger partial charge is 0.478 e. The summed E-state index contributed by atoms with van der Waals surface area (Å²) < 4.78 is 0. The third-order valence-corrected chi connectivity index (χ3v) is 3.63. The first kappa shape index (κ1) is 17.0. The maximum absolute atomic E-state index is 10.9. The van der Waals surface area contributed by atoms with E-state index in [9.17, 15) is 14.9 Å². The van der Waals surface area contributed by atoms with Gasteiger partial charge in [0, 0.05) is 17.0 Å². The summed E-state index contributed by atoms with van der Waals surface area (Å²) in [5.41, 5.74) is 1.25. The smallest absolute Gasteiger partial charge is 0.364 e. The Bertz CT molecular complexity index is 1050. The van der Waals surface area contributed by atoms with Crippen molar-refractivity contribution in [3.63, 3.8) is 0 Å². The maximum atomic E-state index is 10.9. The predicted molar refractivity (Wildman–Crippen MR) is 97.1 cm³/mol. The molecule has 4 aromatic rings. The fraction of sp³-hybridized carbons (Fsp3) is 0. The van der Waals surface area contributed by atoms with Gasteiger partial charge < -0.3 is 15.2 Å². The molecule has 7 nitrogen and oxygen atoms in total. The summed E-state index contributed by atoms with van der Waals surface area (Å²) >= 11 is 0. The lowest BCUT2D eigenvalue weighted by Crippen LogP contribution is -2.01. The van der Waals surface area contributed by atoms with Crippen molar-refractivity contribution in [1.82, 2.24) is 9.97 Å². The lowest BCUT2D eigenvalue weighted by Gasteiger charge is -1.99. The number of carbonyl (C=O) groups is 1. The second-order valence-electron chi connectivity index (χ2n) is 5.30. The minimum atomic E-state index is -1.21. The molecule has 0 spiro atoms. The quantitative estimate of drug-likeness (QED) is 0.432. The van der Waals surface area contributed by atoms with E-state index in [2.05, 4.69) is 22.1 Å². The summed E-state index contributed by atoms with van der Waals surface area (Å²) in [5, 5.41) is 21.1. The number of rotatable bonds is 2. The van der Waals surface area contributed by atoms with Crippen LogP contribution in [0.5, 0.6) is 0 Å². The van der Waals surface area contributed by atoms with E-state index in [4.69, 9.17) is 5.11 Å². The summed E-state index contributed by atoms with van der Waals surface area (Å²) in [6.07, 6.45) is 1.81. The number of carboxylic acids is 1. The van der Waals surface area contributed by atoms with Crippen molar-refractivity contribution >= 4 is 33.6 Å². The van der Waals surface area contributed by atoms with E-state index in [0.717, 1.165) is 11.6 Å². The van der Waals surface area contributed by atoms with Crippen molar-refractivity contribution in [1.29, 1.82) is 0 Å². The summed E-state index contributed by atoms with van der Waals surface area (Å²) in [4.78, 5) is 28.7. The molecular weight excluding hydrogens is 334 g/mol. The number of fused-ring (bicyclic) bond motifs is 2. The van der Waals surface area contributed by atoms with Gasteiger partial charge in [0.2, 0.25) is 0 Å².